The second kappa shape index (κ2) is 12.8. The van der Waals surface area contributed by atoms with Gasteiger partial charge in [0.1, 0.15) is 0 Å². The molecule has 0 aliphatic heterocycles. The largest absolute Gasteiger partial charge is 0.459 e. The summed E-state index contributed by atoms with van der Waals surface area (Å²) in [6, 6.07) is 12.0. The summed E-state index contributed by atoms with van der Waals surface area (Å²) in [6.45, 7) is 4.47. The lowest BCUT2D eigenvalue weighted by molar-refractivity contribution is 0.0925. The molecule has 2 heterocycles. The molecule has 0 radical (unpaired) electrons. The molecule has 1 amide bonds. The maximum Gasteiger partial charge on any atom is 0.287 e. The normalized spacial score (nSPS) is 11.0. The molecular weight excluding hydrogens is 507 g/mol. The van der Waals surface area contributed by atoms with Gasteiger partial charge in [0.25, 0.3) is 5.91 Å². The zero-order valence-electron chi connectivity index (χ0n) is 17.8. The number of furan rings is 1. The highest BCUT2D eigenvalue weighted by Gasteiger charge is 2.11. The molecule has 0 fully saturated rings. The molecule has 0 saturated heterocycles. The van der Waals surface area contributed by atoms with Crippen molar-refractivity contribution in [1.29, 1.82) is 0 Å². The third-order valence-electron chi connectivity index (χ3n) is 4.68. The maximum absolute atomic E-state index is 12.0. The Morgan fingerprint density at radius 1 is 1.10 bits per heavy atom. The summed E-state index contributed by atoms with van der Waals surface area (Å²) >= 11 is 0. The van der Waals surface area contributed by atoms with E-state index in [0.29, 0.717) is 25.4 Å². The summed E-state index contributed by atoms with van der Waals surface area (Å²) in [5.74, 6) is 0.903. The van der Waals surface area contributed by atoms with Crippen molar-refractivity contribution >= 4 is 35.8 Å². The lowest BCUT2D eigenvalue weighted by Crippen LogP contribution is -2.38. The van der Waals surface area contributed by atoms with E-state index in [1.807, 2.05) is 36.0 Å². The van der Waals surface area contributed by atoms with Crippen LogP contribution in [-0.4, -0.2) is 41.8 Å². The summed E-state index contributed by atoms with van der Waals surface area (Å²) in [4.78, 5) is 16.3. The quantitative estimate of drug-likeness (QED) is 0.169. The molecule has 2 aromatic heterocycles. The van der Waals surface area contributed by atoms with E-state index in [1.165, 1.54) is 17.4 Å². The lowest BCUT2D eigenvalue weighted by atomic mass is 10.1. The fourth-order valence-corrected chi connectivity index (χ4v) is 3.04. The molecule has 0 atom stereocenters. The van der Waals surface area contributed by atoms with Crippen molar-refractivity contribution in [2.45, 2.75) is 26.4 Å². The Labute approximate surface area is 199 Å². The van der Waals surface area contributed by atoms with Crippen LogP contribution in [0.5, 0.6) is 0 Å². The lowest BCUT2D eigenvalue weighted by Gasteiger charge is -2.14. The molecule has 3 N–H and O–H groups in total. The van der Waals surface area contributed by atoms with Crippen molar-refractivity contribution in [2.24, 2.45) is 4.99 Å². The number of halogens is 1. The van der Waals surface area contributed by atoms with Crippen molar-refractivity contribution in [1.82, 2.24) is 25.7 Å². The second-order valence-corrected chi connectivity index (χ2v) is 6.87. The third-order valence-corrected chi connectivity index (χ3v) is 4.68. The standard InChI is InChI=1S/C22H28N6O2.HI/c1-17-9-14-30-20(17)21(29)24-10-5-11-25-22(23-2)26-15-18-7-3-4-8-19(18)16-28-13-6-12-27-28;/h3-4,6-9,12-14H,5,10-11,15-16H2,1-2H3,(H,24,29)(H2,23,25,26);1H. The van der Waals surface area contributed by atoms with Gasteiger partial charge in [-0.25, -0.2) is 0 Å². The SMILES string of the molecule is CN=C(NCCCNC(=O)c1occc1C)NCc1ccccc1Cn1cccn1.I. The van der Waals surface area contributed by atoms with Crippen molar-refractivity contribution in [3.8, 4) is 0 Å². The average molecular weight is 536 g/mol. The van der Waals surface area contributed by atoms with Crippen LogP contribution in [0.4, 0.5) is 0 Å². The molecule has 0 spiro atoms. The number of carbonyl (C=O) groups excluding carboxylic acids is 1. The van der Waals surface area contributed by atoms with E-state index in [9.17, 15) is 4.79 Å². The molecule has 3 aromatic rings. The van der Waals surface area contributed by atoms with Gasteiger partial charge >= 0.3 is 0 Å². The molecule has 0 saturated carbocycles. The number of nitrogens with one attached hydrogen (secondary N) is 3. The van der Waals surface area contributed by atoms with E-state index in [4.69, 9.17) is 4.42 Å². The van der Waals surface area contributed by atoms with Crippen LogP contribution in [0.3, 0.4) is 0 Å². The molecule has 9 heteroatoms. The molecule has 8 nitrogen and oxygen atoms in total. The molecule has 3 rings (SSSR count). The highest BCUT2D eigenvalue weighted by molar-refractivity contribution is 14.0. The van der Waals surface area contributed by atoms with Crippen LogP contribution in [0.15, 0.2) is 64.5 Å². The van der Waals surface area contributed by atoms with Crippen molar-refractivity contribution < 1.29 is 9.21 Å². The smallest absolute Gasteiger partial charge is 0.287 e. The van der Waals surface area contributed by atoms with Crippen LogP contribution in [0.25, 0.3) is 0 Å². The molecule has 0 aliphatic carbocycles. The predicted molar refractivity (Wildman–Crippen MR) is 132 cm³/mol. The zero-order chi connectivity index (χ0) is 21.2. The zero-order valence-corrected chi connectivity index (χ0v) is 20.1. The molecule has 0 unspecified atom stereocenters. The van der Waals surface area contributed by atoms with Gasteiger partial charge in [0.15, 0.2) is 11.7 Å². The number of hydrogen-bond donors (Lipinski definition) is 3. The fraction of sp³-hybridized carbons (Fsp3) is 0.318. The summed E-state index contributed by atoms with van der Waals surface area (Å²) < 4.78 is 7.10. The number of aliphatic imine (C=N–C) groups is 1. The van der Waals surface area contributed by atoms with Gasteiger partial charge in [-0.2, -0.15) is 5.10 Å². The number of aryl methyl sites for hydroxylation is 1. The highest BCUT2D eigenvalue weighted by Crippen LogP contribution is 2.10. The van der Waals surface area contributed by atoms with Gasteiger partial charge in [0.05, 0.1) is 12.8 Å². The van der Waals surface area contributed by atoms with Crippen molar-refractivity contribution in [3.63, 3.8) is 0 Å². The number of benzene rings is 1. The van der Waals surface area contributed by atoms with E-state index in [1.54, 1.807) is 19.3 Å². The monoisotopic (exact) mass is 536 g/mol. The summed E-state index contributed by atoms with van der Waals surface area (Å²) in [5, 5.41) is 13.8. The Morgan fingerprint density at radius 3 is 2.55 bits per heavy atom. The topological polar surface area (TPSA) is 96.5 Å². The average Bonchev–Trinajstić information content (AvgIpc) is 3.42. The first-order valence-corrected chi connectivity index (χ1v) is 9.98. The van der Waals surface area contributed by atoms with Gasteiger partial charge in [-0.1, -0.05) is 24.3 Å². The number of nitrogens with zero attached hydrogens (tertiary/aromatic N) is 3. The minimum absolute atomic E-state index is 0. The highest BCUT2D eigenvalue weighted by atomic mass is 127. The van der Waals surface area contributed by atoms with Crippen LogP contribution in [0, 0.1) is 6.92 Å². The van der Waals surface area contributed by atoms with E-state index < -0.39 is 0 Å². The summed E-state index contributed by atoms with van der Waals surface area (Å²) in [7, 11) is 1.74. The van der Waals surface area contributed by atoms with Gasteiger partial charge in [0, 0.05) is 44.6 Å². The van der Waals surface area contributed by atoms with Gasteiger partial charge in [-0.15, -0.1) is 24.0 Å². The van der Waals surface area contributed by atoms with Crippen molar-refractivity contribution in [3.05, 3.63) is 77.5 Å². The molecule has 31 heavy (non-hydrogen) atoms. The van der Waals surface area contributed by atoms with Crippen LogP contribution in [0.2, 0.25) is 0 Å². The first-order chi connectivity index (χ1) is 14.7. The van der Waals surface area contributed by atoms with Crippen LogP contribution < -0.4 is 16.0 Å². The Bertz CT molecular complexity index is 968. The molecule has 0 aliphatic rings. The van der Waals surface area contributed by atoms with E-state index in [2.05, 4.69) is 38.2 Å². The van der Waals surface area contributed by atoms with Crippen molar-refractivity contribution in [2.75, 3.05) is 20.1 Å². The molecular formula is C22H29IN6O2. The van der Waals surface area contributed by atoms with Gasteiger partial charge in [0.2, 0.25) is 0 Å². The Morgan fingerprint density at radius 2 is 1.87 bits per heavy atom. The number of guanidine groups is 1. The van der Waals surface area contributed by atoms with Gasteiger partial charge in [-0.05, 0) is 36.6 Å². The van der Waals surface area contributed by atoms with Gasteiger partial charge in [-0.3, -0.25) is 14.5 Å². The predicted octanol–water partition coefficient (Wildman–Crippen LogP) is 2.94. The van der Waals surface area contributed by atoms with E-state index in [-0.39, 0.29) is 29.9 Å². The van der Waals surface area contributed by atoms with Crippen LogP contribution in [-0.2, 0) is 13.1 Å². The number of hydrogen-bond acceptors (Lipinski definition) is 4. The molecule has 166 valence electrons. The fourth-order valence-electron chi connectivity index (χ4n) is 3.04. The third kappa shape index (κ3) is 7.42. The van der Waals surface area contributed by atoms with Gasteiger partial charge < -0.3 is 20.4 Å². The minimum Gasteiger partial charge on any atom is -0.459 e. The molecule has 0 bridgehead atoms. The second-order valence-electron chi connectivity index (χ2n) is 6.87. The van der Waals surface area contributed by atoms with E-state index in [0.717, 1.165) is 24.5 Å². The number of rotatable bonds is 9. The first-order valence-electron chi connectivity index (χ1n) is 9.98. The Kier molecular flexibility index (Phi) is 10.1. The number of carbonyl (C=O) groups is 1. The van der Waals surface area contributed by atoms with E-state index >= 15 is 0 Å². The Hall–Kier alpha value is -2.82. The summed E-state index contributed by atoms with van der Waals surface area (Å²) in [5.41, 5.74) is 3.24. The minimum atomic E-state index is -0.186. The first kappa shape index (κ1) is 24.4. The molecule has 1 aromatic carbocycles. The number of aromatic nitrogens is 2. The Balaban J connectivity index is 0.00000341. The maximum atomic E-state index is 12.0. The van der Waals surface area contributed by atoms with Crippen LogP contribution >= 0.6 is 24.0 Å². The van der Waals surface area contributed by atoms with Crippen LogP contribution in [0.1, 0.15) is 33.7 Å². The summed E-state index contributed by atoms with van der Waals surface area (Å²) in [6.07, 6.45) is 6.03. The number of amides is 1.